The second kappa shape index (κ2) is 6.73. The molecule has 1 amide bonds. The minimum absolute atomic E-state index is 0.159. The third kappa shape index (κ3) is 3.72. The molecule has 0 aromatic carbocycles. The Morgan fingerprint density at radius 2 is 2.23 bits per heavy atom. The van der Waals surface area contributed by atoms with Gasteiger partial charge >= 0.3 is 0 Å². The van der Waals surface area contributed by atoms with Gasteiger partial charge in [-0.15, -0.1) is 0 Å². The molecular weight excluding hydrogens is 276 g/mol. The monoisotopic (exact) mass is 298 g/mol. The van der Waals surface area contributed by atoms with Gasteiger partial charge in [0.15, 0.2) is 0 Å². The van der Waals surface area contributed by atoms with E-state index >= 15 is 0 Å². The van der Waals surface area contributed by atoms with E-state index in [0.717, 1.165) is 16.8 Å². The van der Waals surface area contributed by atoms with Gasteiger partial charge in [0.25, 0.3) is 0 Å². The van der Waals surface area contributed by atoms with Crippen molar-refractivity contribution < 1.29 is 4.79 Å². The zero-order valence-electron chi connectivity index (χ0n) is 13.0. The summed E-state index contributed by atoms with van der Waals surface area (Å²) in [5.74, 6) is 0.745. The minimum Gasteiger partial charge on any atom is -0.352 e. The maximum absolute atomic E-state index is 12.0. The average molecular weight is 298 g/mol. The number of amides is 1. The lowest BCUT2D eigenvalue weighted by Crippen LogP contribution is -2.24. The molecule has 1 fully saturated rings. The summed E-state index contributed by atoms with van der Waals surface area (Å²) in [6.07, 6.45) is 11.1. The van der Waals surface area contributed by atoms with Crippen molar-refractivity contribution in [3.05, 3.63) is 36.3 Å². The molecule has 0 aliphatic heterocycles. The molecule has 0 unspecified atom stereocenters. The van der Waals surface area contributed by atoms with Gasteiger partial charge in [-0.2, -0.15) is 5.10 Å². The molecule has 2 aromatic rings. The molecule has 0 atom stereocenters. The number of hydrogen-bond acceptors (Lipinski definition) is 3. The van der Waals surface area contributed by atoms with E-state index in [1.54, 1.807) is 17.1 Å². The van der Waals surface area contributed by atoms with Crippen molar-refractivity contribution in [2.75, 3.05) is 0 Å². The Labute approximate surface area is 130 Å². The molecule has 0 saturated heterocycles. The average Bonchev–Trinajstić information content (AvgIpc) is 3.17. The Morgan fingerprint density at radius 3 is 2.95 bits per heavy atom. The van der Waals surface area contributed by atoms with Gasteiger partial charge in [-0.1, -0.05) is 12.8 Å². The number of hydrogen-bond donors (Lipinski definition) is 1. The summed E-state index contributed by atoms with van der Waals surface area (Å²) in [4.78, 5) is 16.4. The van der Waals surface area contributed by atoms with Crippen molar-refractivity contribution in [1.29, 1.82) is 0 Å². The summed E-state index contributed by atoms with van der Waals surface area (Å²) in [7, 11) is 1.89. The fourth-order valence-electron chi connectivity index (χ4n) is 3.05. The van der Waals surface area contributed by atoms with Crippen LogP contribution in [0.1, 0.15) is 37.7 Å². The van der Waals surface area contributed by atoms with E-state index in [0.29, 0.717) is 18.9 Å². The number of nitrogens with zero attached hydrogens (tertiary/aromatic N) is 3. The number of carbonyl (C=O) groups excluding carboxylic acids is 1. The van der Waals surface area contributed by atoms with Gasteiger partial charge in [0.05, 0.1) is 11.9 Å². The van der Waals surface area contributed by atoms with Crippen LogP contribution in [-0.4, -0.2) is 20.7 Å². The summed E-state index contributed by atoms with van der Waals surface area (Å²) in [5.41, 5.74) is 2.94. The zero-order valence-corrected chi connectivity index (χ0v) is 13.0. The first-order valence-electron chi connectivity index (χ1n) is 7.91. The van der Waals surface area contributed by atoms with Crippen LogP contribution in [0.5, 0.6) is 0 Å². The Bertz CT molecular complexity index is 644. The molecule has 0 spiro atoms. The molecule has 3 rings (SSSR count). The van der Waals surface area contributed by atoms with Crippen LogP contribution >= 0.6 is 0 Å². The van der Waals surface area contributed by atoms with Crippen LogP contribution in [0.4, 0.5) is 0 Å². The van der Waals surface area contributed by atoms with Crippen molar-refractivity contribution in [3.8, 4) is 11.3 Å². The lowest BCUT2D eigenvalue weighted by Gasteiger charge is -2.10. The molecule has 0 bridgehead atoms. The molecule has 116 valence electrons. The van der Waals surface area contributed by atoms with E-state index in [-0.39, 0.29) is 5.91 Å². The predicted molar refractivity (Wildman–Crippen MR) is 84.9 cm³/mol. The van der Waals surface area contributed by atoms with Crippen molar-refractivity contribution in [3.63, 3.8) is 0 Å². The summed E-state index contributed by atoms with van der Waals surface area (Å²) in [5, 5.41) is 7.18. The van der Waals surface area contributed by atoms with Gasteiger partial charge in [-0.05, 0) is 36.5 Å². The first-order chi connectivity index (χ1) is 10.7. The Balaban J connectivity index is 1.57. The van der Waals surface area contributed by atoms with Crippen molar-refractivity contribution in [2.45, 2.75) is 38.6 Å². The highest BCUT2D eigenvalue weighted by atomic mass is 16.1. The van der Waals surface area contributed by atoms with E-state index < -0.39 is 0 Å². The topological polar surface area (TPSA) is 59.8 Å². The van der Waals surface area contributed by atoms with Crippen LogP contribution < -0.4 is 5.32 Å². The molecule has 5 heteroatoms. The van der Waals surface area contributed by atoms with Crippen molar-refractivity contribution in [2.24, 2.45) is 13.0 Å². The summed E-state index contributed by atoms with van der Waals surface area (Å²) >= 11 is 0. The molecule has 1 N–H and O–H groups in total. The minimum atomic E-state index is 0.159. The van der Waals surface area contributed by atoms with Crippen LogP contribution in [0.2, 0.25) is 0 Å². The van der Waals surface area contributed by atoms with Gasteiger partial charge in [0, 0.05) is 38.0 Å². The van der Waals surface area contributed by atoms with Gasteiger partial charge in [0.1, 0.15) is 0 Å². The highest BCUT2D eigenvalue weighted by Gasteiger charge is 2.18. The molecular formula is C17H22N4O. The normalized spacial score (nSPS) is 15.1. The Morgan fingerprint density at radius 1 is 1.41 bits per heavy atom. The highest BCUT2D eigenvalue weighted by Crippen LogP contribution is 2.27. The third-order valence-corrected chi connectivity index (χ3v) is 4.26. The summed E-state index contributed by atoms with van der Waals surface area (Å²) < 4.78 is 1.76. The van der Waals surface area contributed by atoms with Crippen molar-refractivity contribution >= 4 is 5.91 Å². The number of aromatic nitrogens is 3. The van der Waals surface area contributed by atoms with E-state index in [2.05, 4.69) is 15.4 Å². The highest BCUT2D eigenvalue weighted by molar-refractivity contribution is 5.76. The smallest absolute Gasteiger partial charge is 0.220 e. The number of carbonyl (C=O) groups is 1. The molecule has 1 saturated carbocycles. The fraction of sp³-hybridized carbons (Fsp3) is 0.471. The lowest BCUT2D eigenvalue weighted by molar-refractivity contribution is -0.122. The second-order valence-electron chi connectivity index (χ2n) is 6.08. The number of rotatable bonds is 5. The molecule has 2 heterocycles. The van der Waals surface area contributed by atoms with Gasteiger partial charge in [0.2, 0.25) is 5.91 Å². The SMILES string of the molecule is Cn1cc(-c2cc(CNC(=O)CC3CCCC3)ccn2)cn1. The first kappa shape index (κ1) is 14.8. The molecule has 2 aromatic heterocycles. The van der Waals surface area contributed by atoms with Crippen molar-refractivity contribution in [1.82, 2.24) is 20.1 Å². The van der Waals surface area contributed by atoms with E-state index in [9.17, 15) is 4.79 Å². The Hall–Kier alpha value is -2.17. The second-order valence-corrected chi connectivity index (χ2v) is 6.08. The number of aryl methyl sites for hydroxylation is 1. The van der Waals surface area contributed by atoms with Crippen LogP contribution in [0, 0.1) is 5.92 Å². The third-order valence-electron chi connectivity index (χ3n) is 4.26. The van der Waals surface area contributed by atoms with E-state index in [1.807, 2.05) is 25.4 Å². The quantitative estimate of drug-likeness (QED) is 0.923. The maximum atomic E-state index is 12.0. The molecule has 5 nitrogen and oxygen atoms in total. The van der Waals surface area contributed by atoms with Gasteiger partial charge in [-0.3, -0.25) is 14.5 Å². The van der Waals surface area contributed by atoms with Crippen LogP contribution in [0.3, 0.4) is 0 Å². The lowest BCUT2D eigenvalue weighted by atomic mass is 10.0. The van der Waals surface area contributed by atoms with Crippen LogP contribution in [0.15, 0.2) is 30.7 Å². The molecule has 22 heavy (non-hydrogen) atoms. The Kier molecular flexibility index (Phi) is 4.51. The first-order valence-corrected chi connectivity index (χ1v) is 7.91. The standard InChI is InChI=1S/C17H22N4O/c1-21-12-15(11-20-21)16-8-14(6-7-18-16)10-19-17(22)9-13-4-2-3-5-13/h6-8,11-13H,2-5,9-10H2,1H3,(H,19,22). The largest absolute Gasteiger partial charge is 0.352 e. The number of nitrogens with one attached hydrogen (secondary N) is 1. The molecule has 1 aliphatic rings. The predicted octanol–water partition coefficient (Wildman–Crippen LogP) is 2.68. The van der Waals surface area contributed by atoms with E-state index in [4.69, 9.17) is 0 Å². The van der Waals surface area contributed by atoms with E-state index in [1.165, 1.54) is 25.7 Å². The van der Waals surface area contributed by atoms with Crippen LogP contribution in [0.25, 0.3) is 11.3 Å². The fourth-order valence-corrected chi connectivity index (χ4v) is 3.05. The maximum Gasteiger partial charge on any atom is 0.220 e. The van der Waals surface area contributed by atoms with Crippen LogP contribution in [-0.2, 0) is 18.4 Å². The summed E-state index contributed by atoms with van der Waals surface area (Å²) in [6.45, 7) is 0.557. The van der Waals surface area contributed by atoms with Gasteiger partial charge in [-0.25, -0.2) is 0 Å². The summed E-state index contributed by atoms with van der Waals surface area (Å²) in [6, 6.07) is 3.95. The number of pyridine rings is 1. The zero-order chi connectivity index (χ0) is 15.4. The molecule has 1 aliphatic carbocycles. The molecule has 0 radical (unpaired) electrons. The van der Waals surface area contributed by atoms with Gasteiger partial charge < -0.3 is 5.32 Å².